The molecule has 2 aromatic carbocycles. The first-order chi connectivity index (χ1) is 14.2. The molecule has 0 saturated carbocycles. The van der Waals surface area contributed by atoms with Crippen molar-refractivity contribution in [3.63, 3.8) is 0 Å². The normalized spacial score (nSPS) is 30.8. The molecule has 5 atom stereocenters. The van der Waals surface area contributed by atoms with Gasteiger partial charge < -0.3 is 4.90 Å². The lowest BCUT2D eigenvalue weighted by Crippen LogP contribution is -3.12. The minimum absolute atomic E-state index is 0.0288. The summed E-state index contributed by atoms with van der Waals surface area (Å²) in [5.74, 6) is -0.651. The molecule has 144 valence electrons. The lowest BCUT2D eigenvalue weighted by atomic mass is 9.86. The molecule has 1 aromatic heterocycles. The third-order valence-electron chi connectivity index (χ3n) is 7.00. The van der Waals surface area contributed by atoms with Crippen LogP contribution in [-0.4, -0.2) is 29.4 Å². The van der Waals surface area contributed by atoms with Crippen LogP contribution in [0.4, 0.5) is 5.69 Å². The molecule has 0 spiro atoms. The summed E-state index contributed by atoms with van der Waals surface area (Å²) in [6.07, 6.45) is 2.10. The molecular formula is C24H22N3O2+. The van der Waals surface area contributed by atoms with Crippen LogP contribution < -0.4 is 9.80 Å². The summed E-state index contributed by atoms with van der Waals surface area (Å²) in [6, 6.07) is 21.7. The second kappa shape index (κ2) is 6.22. The number of pyridine rings is 1. The van der Waals surface area contributed by atoms with Crippen molar-refractivity contribution >= 4 is 28.4 Å². The fourth-order valence-corrected chi connectivity index (χ4v) is 5.87. The molecule has 3 aliphatic rings. The number of benzene rings is 2. The van der Waals surface area contributed by atoms with Gasteiger partial charge in [0.15, 0.2) is 0 Å². The van der Waals surface area contributed by atoms with E-state index in [1.165, 1.54) is 9.80 Å². The molecule has 0 bridgehead atoms. The van der Waals surface area contributed by atoms with Gasteiger partial charge in [0.2, 0.25) is 11.8 Å². The minimum Gasteiger partial charge on any atom is -0.324 e. The Labute approximate surface area is 168 Å². The summed E-state index contributed by atoms with van der Waals surface area (Å²) in [5, 5.41) is 1.10. The van der Waals surface area contributed by atoms with E-state index in [1.807, 2.05) is 48.5 Å². The number of rotatable bonds is 2. The maximum atomic E-state index is 13.5. The summed E-state index contributed by atoms with van der Waals surface area (Å²) in [6.45, 7) is 1.00. The van der Waals surface area contributed by atoms with Gasteiger partial charge in [-0.25, -0.2) is 9.88 Å². The molecule has 5 heteroatoms. The number of nitrogens with one attached hydrogen (secondary N) is 1. The number of carbonyl (C=O) groups is 2. The molecule has 1 N–H and O–H groups in total. The molecule has 0 aliphatic carbocycles. The monoisotopic (exact) mass is 384 g/mol. The van der Waals surface area contributed by atoms with E-state index in [4.69, 9.17) is 4.98 Å². The van der Waals surface area contributed by atoms with Crippen molar-refractivity contribution in [2.24, 2.45) is 11.8 Å². The van der Waals surface area contributed by atoms with Gasteiger partial charge in [0, 0.05) is 18.2 Å². The number of para-hydroxylation sites is 2. The number of hydrogen-bond donors (Lipinski definition) is 1. The summed E-state index contributed by atoms with van der Waals surface area (Å²) in [7, 11) is 0. The largest absolute Gasteiger partial charge is 0.324 e. The zero-order valence-corrected chi connectivity index (χ0v) is 16.0. The van der Waals surface area contributed by atoms with Crippen LogP contribution in [0.15, 0.2) is 66.7 Å². The quantitative estimate of drug-likeness (QED) is 0.689. The maximum Gasteiger partial charge on any atom is 0.244 e. The molecule has 2 amide bonds. The average Bonchev–Trinajstić information content (AvgIpc) is 3.40. The van der Waals surface area contributed by atoms with Crippen molar-refractivity contribution in [3.05, 3.63) is 72.4 Å². The summed E-state index contributed by atoms with van der Waals surface area (Å²) in [5.41, 5.74) is 2.57. The van der Waals surface area contributed by atoms with Crippen molar-refractivity contribution in [2.75, 3.05) is 11.4 Å². The summed E-state index contributed by atoms with van der Waals surface area (Å²) < 4.78 is 0. The highest BCUT2D eigenvalue weighted by Gasteiger charge is 2.67. The van der Waals surface area contributed by atoms with Gasteiger partial charge in [-0.05, 0) is 24.3 Å². The SMILES string of the molecule is O=C1[C@@H]2[C@H](C(=O)N1c1ccccc1)[C@H]1CCC[NH+]1[C@@H]2c1ccc2ccccc2n1. The maximum absolute atomic E-state index is 13.5. The predicted molar refractivity (Wildman–Crippen MR) is 109 cm³/mol. The Morgan fingerprint density at radius 1 is 0.862 bits per heavy atom. The zero-order valence-electron chi connectivity index (χ0n) is 16.0. The summed E-state index contributed by atoms with van der Waals surface area (Å²) >= 11 is 0. The molecule has 29 heavy (non-hydrogen) atoms. The van der Waals surface area contributed by atoms with Gasteiger partial charge in [-0.3, -0.25) is 9.59 Å². The standard InChI is InChI=1S/C24H21N3O2/c28-23-20-19-11-6-14-26(19)22(18-13-12-15-7-4-5-10-17(15)25-18)21(20)24(29)27(23)16-8-2-1-3-9-16/h1-5,7-10,12-13,19-22H,6,11,14H2/p+1/t19-,20-,21-,22-/m1/s1. The van der Waals surface area contributed by atoms with Gasteiger partial charge in [0.1, 0.15) is 23.9 Å². The van der Waals surface area contributed by atoms with Crippen LogP contribution in [0.1, 0.15) is 24.6 Å². The van der Waals surface area contributed by atoms with Crippen molar-refractivity contribution in [1.82, 2.24) is 4.98 Å². The average molecular weight is 384 g/mol. The van der Waals surface area contributed by atoms with Gasteiger partial charge >= 0.3 is 0 Å². The van der Waals surface area contributed by atoms with E-state index < -0.39 is 0 Å². The molecule has 3 aliphatic heterocycles. The number of carbonyl (C=O) groups excluding carboxylic acids is 2. The Hall–Kier alpha value is -3.05. The van der Waals surface area contributed by atoms with Crippen molar-refractivity contribution in [2.45, 2.75) is 24.9 Å². The number of imide groups is 1. The molecule has 1 unspecified atom stereocenters. The van der Waals surface area contributed by atoms with Gasteiger partial charge in [-0.1, -0.05) is 42.5 Å². The first kappa shape index (κ1) is 16.9. The summed E-state index contributed by atoms with van der Waals surface area (Å²) in [4.78, 5) is 34.7. The van der Waals surface area contributed by atoms with Crippen LogP contribution in [0.25, 0.3) is 10.9 Å². The number of nitrogens with zero attached hydrogens (tertiary/aromatic N) is 2. The molecule has 3 aromatic rings. The number of aromatic nitrogens is 1. The molecule has 6 rings (SSSR count). The fraction of sp³-hybridized carbons (Fsp3) is 0.292. The second-order valence-electron chi connectivity index (χ2n) is 8.38. The lowest BCUT2D eigenvalue weighted by Gasteiger charge is -2.25. The number of hydrogen-bond acceptors (Lipinski definition) is 3. The highest BCUT2D eigenvalue weighted by molar-refractivity contribution is 6.22. The molecule has 3 fully saturated rings. The number of fused-ring (bicyclic) bond motifs is 4. The molecule has 4 heterocycles. The topological polar surface area (TPSA) is 54.7 Å². The smallest absolute Gasteiger partial charge is 0.244 e. The highest BCUT2D eigenvalue weighted by atomic mass is 16.2. The first-order valence-corrected chi connectivity index (χ1v) is 10.4. The van der Waals surface area contributed by atoms with Crippen LogP contribution in [-0.2, 0) is 9.59 Å². The van der Waals surface area contributed by atoms with E-state index in [9.17, 15) is 9.59 Å². The van der Waals surface area contributed by atoms with Crippen LogP contribution in [0.3, 0.4) is 0 Å². The van der Waals surface area contributed by atoms with E-state index in [2.05, 4.69) is 18.2 Å². The van der Waals surface area contributed by atoms with Crippen LogP contribution >= 0.6 is 0 Å². The third-order valence-corrected chi connectivity index (χ3v) is 7.00. The Kier molecular flexibility index (Phi) is 3.62. The molecule has 0 radical (unpaired) electrons. The Bertz CT molecular complexity index is 1130. The lowest BCUT2D eigenvalue weighted by molar-refractivity contribution is -0.932. The molecule has 3 saturated heterocycles. The van der Waals surface area contributed by atoms with E-state index in [-0.39, 0.29) is 35.7 Å². The van der Waals surface area contributed by atoms with Crippen LogP contribution in [0.2, 0.25) is 0 Å². The van der Waals surface area contributed by atoms with Crippen molar-refractivity contribution in [3.8, 4) is 0 Å². The van der Waals surface area contributed by atoms with Gasteiger partial charge in [-0.15, -0.1) is 0 Å². The molecule has 5 nitrogen and oxygen atoms in total. The van der Waals surface area contributed by atoms with E-state index in [0.29, 0.717) is 5.69 Å². The zero-order chi connectivity index (χ0) is 19.5. The minimum atomic E-state index is -0.323. The van der Waals surface area contributed by atoms with Gasteiger partial charge in [-0.2, -0.15) is 0 Å². The Morgan fingerprint density at radius 3 is 2.48 bits per heavy atom. The van der Waals surface area contributed by atoms with Crippen molar-refractivity contribution in [1.29, 1.82) is 0 Å². The number of amides is 2. The highest BCUT2D eigenvalue weighted by Crippen LogP contribution is 2.44. The predicted octanol–water partition coefficient (Wildman–Crippen LogP) is 2.14. The van der Waals surface area contributed by atoms with Crippen LogP contribution in [0, 0.1) is 11.8 Å². The van der Waals surface area contributed by atoms with E-state index >= 15 is 0 Å². The van der Waals surface area contributed by atoms with Crippen molar-refractivity contribution < 1.29 is 14.5 Å². The first-order valence-electron chi connectivity index (χ1n) is 10.4. The van der Waals surface area contributed by atoms with E-state index in [0.717, 1.165) is 36.0 Å². The number of anilines is 1. The van der Waals surface area contributed by atoms with Crippen LogP contribution in [0.5, 0.6) is 0 Å². The van der Waals surface area contributed by atoms with Gasteiger partial charge in [0.05, 0.1) is 23.4 Å². The second-order valence-corrected chi connectivity index (χ2v) is 8.38. The third kappa shape index (κ3) is 2.34. The fourth-order valence-electron chi connectivity index (χ4n) is 5.87. The van der Waals surface area contributed by atoms with Gasteiger partial charge in [0.25, 0.3) is 0 Å². The molecular weight excluding hydrogens is 362 g/mol. The van der Waals surface area contributed by atoms with E-state index in [1.54, 1.807) is 0 Å². The Morgan fingerprint density at radius 2 is 1.62 bits per heavy atom. The Balaban J connectivity index is 1.46. The number of quaternary nitrogens is 1.